The number of aryl methyl sites for hydroxylation is 1. The molecular weight excluding hydrogens is 260 g/mol. The van der Waals surface area contributed by atoms with Gasteiger partial charge in [0.1, 0.15) is 5.75 Å². The molecule has 2 saturated carbocycles. The Morgan fingerprint density at radius 3 is 2.90 bits per heavy atom. The van der Waals surface area contributed by atoms with E-state index in [4.69, 9.17) is 0 Å². The normalized spacial score (nSPS) is 39.7. The van der Waals surface area contributed by atoms with E-state index in [1.807, 2.05) is 6.07 Å². The maximum absolute atomic E-state index is 10.5. The Morgan fingerprint density at radius 2 is 2.05 bits per heavy atom. The maximum Gasteiger partial charge on any atom is 0.116 e. The SMILES string of the molecule is C[C@]12CCc3c(ccc4cc(O)ccc34)[C@]13C[C@@H]3CC2O. The van der Waals surface area contributed by atoms with Crippen molar-refractivity contribution in [3.8, 4) is 5.75 Å². The summed E-state index contributed by atoms with van der Waals surface area (Å²) in [5.41, 5.74) is 3.24. The van der Waals surface area contributed by atoms with Crippen LogP contribution in [-0.2, 0) is 11.8 Å². The molecule has 0 bridgehead atoms. The number of hydrogen-bond acceptors (Lipinski definition) is 2. The number of hydrogen-bond donors (Lipinski definition) is 2. The third kappa shape index (κ3) is 1.20. The number of aliphatic hydroxyl groups excluding tert-OH is 1. The summed E-state index contributed by atoms with van der Waals surface area (Å²) in [7, 11) is 0. The average molecular weight is 280 g/mol. The summed E-state index contributed by atoms with van der Waals surface area (Å²) in [6.07, 6.45) is 4.21. The van der Waals surface area contributed by atoms with Crippen LogP contribution in [0.2, 0.25) is 0 Å². The lowest BCUT2D eigenvalue weighted by molar-refractivity contribution is 0.0221. The van der Waals surface area contributed by atoms with Gasteiger partial charge in [-0.1, -0.05) is 25.1 Å². The second-order valence-electron chi connectivity index (χ2n) is 7.54. The van der Waals surface area contributed by atoms with Crippen LogP contribution in [-0.4, -0.2) is 16.3 Å². The zero-order chi connectivity index (χ0) is 14.4. The van der Waals surface area contributed by atoms with E-state index in [1.165, 1.54) is 22.9 Å². The first-order valence-corrected chi connectivity index (χ1v) is 7.99. The van der Waals surface area contributed by atoms with Crippen molar-refractivity contribution in [2.24, 2.45) is 11.3 Å². The molecule has 1 spiro atoms. The summed E-state index contributed by atoms with van der Waals surface area (Å²) in [5, 5.41) is 22.6. The van der Waals surface area contributed by atoms with Crippen LogP contribution < -0.4 is 0 Å². The fraction of sp³-hybridized carbons (Fsp3) is 0.474. The van der Waals surface area contributed by atoms with Crippen molar-refractivity contribution in [1.82, 2.24) is 0 Å². The van der Waals surface area contributed by atoms with E-state index < -0.39 is 0 Å². The van der Waals surface area contributed by atoms with E-state index in [2.05, 4.69) is 25.1 Å². The predicted octanol–water partition coefficient (Wildman–Crippen LogP) is 3.52. The van der Waals surface area contributed by atoms with Crippen LogP contribution in [0.1, 0.15) is 37.3 Å². The van der Waals surface area contributed by atoms with Crippen molar-refractivity contribution in [1.29, 1.82) is 0 Å². The van der Waals surface area contributed by atoms with Crippen molar-refractivity contribution in [3.05, 3.63) is 41.5 Å². The lowest BCUT2D eigenvalue weighted by Gasteiger charge is -2.43. The molecule has 2 nitrogen and oxygen atoms in total. The molecule has 4 atom stereocenters. The third-order valence-corrected chi connectivity index (χ3v) is 6.86. The zero-order valence-corrected chi connectivity index (χ0v) is 12.3. The van der Waals surface area contributed by atoms with Crippen LogP contribution >= 0.6 is 0 Å². The number of fused-ring (bicyclic) bond motifs is 3. The molecule has 2 aromatic rings. The van der Waals surface area contributed by atoms with Gasteiger partial charge in [-0.25, -0.2) is 0 Å². The van der Waals surface area contributed by atoms with E-state index in [0.717, 1.165) is 24.6 Å². The van der Waals surface area contributed by atoms with Gasteiger partial charge in [0.2, 0.25) is 0 Å². The first kappa shape index (κ1) is 12.0. The minimum atomic E-state index is -0.139. The van der Waals surface area contributed by atoms with Crippen molar-refractivity contribution in [2.75, 3.05) is 0 Å². The number of aliphatic hydroxyl groups is 1. The maximum atomic E-state index is 10.5. The number of phenolic OH excluding ortho intramolecular Hbond substituents is 1. The molecule has 5 rings (SSSR count). The third-order valence-electron chi connectivity index (χ3n) is 6.86. The standard InChI is InChI=1S/C19H20O2/c1-18-7-6-15-14-4-3-13(20)8-11(14)2-5-16(15)19(18)10-12(19)9-17(18)21/h2-5,8,12,17,20-21H,6-7,9-10H2,1H3/t12-,17?,18+,19+/m0/s1. The fourth-order valence-electron chi connectivity index (χ4n) is 5.62. The Hall–Kier alpha value is -1.54. The van der Waals surface area contributed by atoms with E-state index in [0.29, 0.717) is 11.7 Å². The van der Waals surface area contributed by atoms with Gasteiger partial charge in [-0.2, -0.15) is 0 Å². The zero-order valence-electron chi connectivity index (χ0n) is 12.3. The van der Waals surface area contributed by atoms with Crippen LogP contribution in [0.25, 0.3) is 10.8 Å². The van der Waals surface area contributed by atoms with E-state index in [1.54, 1.807) is 6.07 Å². The largest absolute Gasteiger partial charge is 0.508 e. The van der Waals surface area contributed by atoms with Crippen molar-refractivity contribution < 1.29 is 10.2 Å². The second-order valence-corrected chi connectivity index (χ2v) is 7.54. The van der Waals surface area contributed by atoms with Crippen LogP contribution in [0.4, 0.5) is 0 Å². The van der Waals surface area contributed by atoms with Crippen LogP contribution in [0.15, 0.2) is 30.3 Å². The van der Waals surface area contributed by atoms with Crippen LogP contribution in [0.3, 0.4) is 0 Å². The number of aromatic hydroxyl groups is 1. The molecule has 0 aromatic heterocycles. The second kappa shape index (κ2) is 3.44. The Balaban J connectivity index is 1.79. The molecule has 2 N–H and O–H groups in total. The van der Waals surface area contributed by atoms with Crippen molar-refractivity contribution in [3.63, 3.8) is 0 Å². The highest BCUT2D eigenvalue weighted by molar-refractivity contribution is 5.89. The first-order valence-electron chi connectivity index (χ1n) is 7.99. The highest BCUT2D eigenvalue weighted by atomic mass is 16.3. The minimum Gasteiger partial charge on any atom is -0.508 e. The predicted molar refractivity (Wildman–Crippen MR) is 82.4 cm³/mol. The molecule has 0 saturated heterocycles. The topological polar surface area (TPSA) is 40.5 Å². The van der Waals surface area contributed by atoms with Gasteiger partial charge >= 0.3 is 0 Å². The van der Waals surface area contributed by atoms with Crippen molar-refractivity contribution in [2.45, 2.75) is 44.1 Å². The molecule has 108 valence electrons. The quantitative estimate of drug-likeness (QED) is 0.775. The average Bonchev–Trinajstić information content (AvgIpc) is 3.12. The van der Waals surface area contributed by atoms with Gasteiger partial charge in [-0.3, -0.25) is 0 Å². The highest BCUT2D eigenvalue weighted by Gasteiger charge is 2.73. The molecule has 3 aliphatic rings. The summed E-state index contributed by atoms with van der Waals surface area (Å²) in [6, 6.07) is 10.1. The van der Waals surface area contributed by atoms with Gasteiger partial charge in [0, 0.05) is 10.8 Å². The molecule has 0 radical (unpaired) electrons. The summed E-state index contributed by atoms with van der Waals surface area (Å²) in [5.74, 6) is 1.01. The van der Waals surface area contributed by atoms with Gasteiger partial charge in [-0.05, 0) is 65.6 Å². The van der Waals surface area contributed by atoms with Gasteiger partial charge in [-0.15, -0.1) is 0 Å². The molecule has 2 heteroatoms. The van der Waals surface area contributed by atoms with Gasteiger partial charge in [0.05, 0.1) is 6.10 Å². The van der Waals surface area contributed by atoms with Crippen LogP contribution in [0.5, 0.6) is 5.75 Å². The highest BCUT2D eigenvalue weighted by Crippen LogP contribution is 2.75. The molecule has 0 aliphatic heterocycles. The molecule has 21 heavy (non-hydrogen) atoms. The fourth-order valence-corrected chi connectivity index (χ4v) is 5.62. The lowest BCUT2D eigenvalue weighted by atomic mass is 9.61. The Kier molecular flexibility index (Phi) is 1.97. The lowest BCUT2D eigenvalue weighted by Crippen LogP contribution is -2.42. The molecule has 1 unspecified atom stereocenters. The molecule has 2 fully saturated rings. The summed E-state index contributed by atoms with van der Waals surface area (Å²) in [6.45, 7) is 2.30. The monoisotopic (exact) mass is 280 g/mol. The molecule has 0 heterocycles. The van der Waals surface area contributed by atoms with Gasteiger partial charge < -0.3 is 10.2 Å². The molecule has 3 aliphatic carbocycles. The first-order chi connectivity index (χ1) is 10.1. The smallest absolute Gasteiger partial charge is 0.116 e. The number of benzene rings is 2. The number of phenols is 1. The summed E-state index contributed by atoms with van der Waals surface area (Å²) >= 11 is 0. The molecule has 2 aromatic carbocycles. The van der Waals surface area contributed by atoms with E-state index >= 15 is 0 Å². The molecular formula is C19H20O2. The van der Waals surface area contributed by atoms with E-state index in [9.17, 15) is 10.2 Å². The van der Waals surface area contributed by atoms with Gasteiger partial charge in [0.15, 0.2) is 0 Å². The summed E-state index contributed by atoms with van der Waals surface area (Å²) in [4.78, 5) is 0. The van der Waals surface area contributed by atoms with Crippen LogP contribution in [0, 0.1) is 11.3 Å². The van der Waals surface area contributed by atoms with E-state index in [-0.39, 0.29) is 16.9 Å². The van der Waals surface area contributed by atoms with Crippen molar-refractivity contribution >= 4 is 10.8 Å². The summed E-state index contributed by atoms with van der Waals surface area (Å²) < 4.78 is 0. The Labute approximate surface area is 124 Å². The Morgan fingerprint density at radius 1 is 1.19 bits per heavy atom. The Bertz CT molecular complexity index is 780. The van der Waals surface area contributed by atoms with Gasteiger partial charge in [0.25, 0.3) is 0 Å². The number of rotatable bonds is 0. The molecule has 0 amide bonds. The minimum absolute atomic E-state index is 0.0647.